The standard InChI is InChI=1S/C13H14O7/c14-6-1-7(15)3-9(2-6)20-13(19)12-10(17)4-8(16)5-11(12)18/h1-3,10-12,14-15,17-18H,4-5H2. The summed E-state index contributed by atoms with van der Waals surface area (Å²) in [5, 5.41) is 37.9. The molecule has 1 fully saturated rings. The van der Waals surface area contributed by atoms with E-state index in [0.717, 1.165) is 18.2 Å². The van der Waals surface area contributed by atoms with E-state index in [2.05, 4.69) is 0 Å². The predicted molar refractivity (Wildman–Crippen MR) is 65.2 cm³/mol. The summed E-state index contributed by atoms with van der Waals surface area (Å²) < 4.78 is 4.90. The van der Waals surface area contributed by atoms with Crippen molar-refractivity contribution in [2.45, 2.75) is 25.0 Å². The average molecular weight is 282 g/mol. The number of benzene rings is 1. The zero-order chi connectivity index (χ0) is 14.9. The molecule has 1 saturated carbocycles. The molecule has 0 spiro atoms. The summed E-state index contributed by atoms with van der Waals surface area (Å²) in [7, 11) is 0. The Morgan fingerprint density at radius 3 is 2.05 bits per heavy atom. The van der Waals surface area contributed by atoms with Crippen LogP contribution in [0.2, 0.25) is 0 Å². The molecule has 7 nitrogen and oxygen atoms in total. The summed E-state index contributed by atoms with van der Waals surface area (Å²) in [6, 6.07) is 3.26. The molecule has 4 N–H and O–H groups in total. The Bertz CT molecular complexity index is 505. The molecule has 7 heteroatoms. The maximum absolute atomic E-state index is 11.9. The Kier molecular flexibility index (Phi) is 3.91. The third-order valence-electron chi connectivity index (χ3n) is 3.07. The molecule has 0 aromatic heterocycles. The normalized spacial score (nSPS) is 26.3. The van der Waals surface area contributed by atoms with Gasteiger partial charge in [-0.1, -0.05) is 0 Å². The number of ketones is 1. The lowest BCUT2D eigenvalue weighted by Gasteiger charge is -2.29. The highest BCUT2D eigenvalue weighted by molar-refractivity contribution is 5.85. The third kappa shape index (κ3) is 3.06. The summed E-state index contributed by atoms with van der Waals surface area (Å²) in [6.07, 6.45) is -3.07. The number of carbonyl (C=O) groups is 2. The lowest BCUT2D eigenvalue weighted by atomic mass is 9.83. The lowest BCUT2D eigenvalue weighted by molar-refractivity contribution is -0.154. The van der Waals surface area contributed by atoms with Gasteiger partial charge >= 0.3 is 5.97 Å². The summed E-state index contributed by atoms with van der Waals surface area (Å²) in [4.78, 5) is 23.1. The Labute approximate surface area is 114 Å². The topological polar surface area (TPSA) is 124 Å². The van der Waals surface area contributed by atoms with Gasteiger partial charge in [0.1, 0.15) is 28.9 Å². The van der Waals surface area contributed by atoms with Gasteiger partial charge in [0, 0.05) is 31.0 Å². The Morgan fingerprint density at radius 2 is 1.55 bits per heavy atom. The number of aliphatic hydroxyl groups is 2. The van der Waals surface area contributed by atoms with Crippen molar-refractivity contribution in [3.05, 3.63) is 18.2 Å². The van der Waals surface area contributed by atoms with E-state index in [1.54, 1.807) is 0 Å². The van der Waals surface area contributed by atoms with Crippen molar-refractivity contribution < 1.29 is 34.8 Å². The predicted octanol–water partition coefficient (Wildman–Crippen LogP) is -0.296. The number of aliphatic hydroxyl groups excluding tert-OH is 2. The van der Waals surface area contributed by atoms with Crippen LogP contribution in [0.4, 0.5) is 0 Å². The van der Waals surface area contributed by atoms with Gasteiger partial charge in [-0.2, -0.15) is 0 Å². The van der Waals surface area contributed by atoms with Gasteiger partial charge in [-0.05, 0) is 0 Å². The van der Waals surface area contributed by atoms with Crippen LogP contribution in [0.3, 0.4) is 0 Å². The van der Waals surface area contributed by atoms with E-state index in [1.807, 2.05) is 0 Å². The molecule has 1 aliphatic carbocycles. The number of esters is 1. The van der Waals surface area contributed by atoms with E-state index in [4.69, 9.17) is 4.74 Å². The van der Waals surface area contributed by atoms with Crippen LogP contribution in [0, 0.1) is 5.92 Å². The number of hydrogen-bond donors (Lipinski definition) is 4. The molecule has 0 bridgehead atoms. The number of phenols is 2. The van der Waals surface area contributed by atoms with E-state index in [0.29, 0.717) is 0 Å². The van der Waals surface area contributed by atoms with Crippen LogP contribution >= 0.6 is 0 Å². The second kappa shape index (κ2) is 5.48. The van der Waals surface area contributed by atoms with E-state index >= 15 is 0 Å². The molecule has 108 valence electrons. The minimum atomic E-state index is -1.32. The van der Waals surface area contributed by atoms with E-state index in [1.165, 1.54) is 0 Å². The van der Waals surface area contributed by atoms with Crippen LogP contribution in [-0.2, 0) is 9.59 Å². The first-order valence-corrected chi connectivity index (χ1v) is 5.99. The van der Waals surface area contributed by atoms with E-state index in [-0.39, 0.29) is 35.9 Å². The Hall–Kier alpha value is -2.12. The second-order valence-corrected chi connectivity index (χ2v) is 4.71. The first kappa shape index (κ1) is 14.3. The molecule has 0 saturated heterocycles. The summed E-state index contributed by atoms with van der Waals surface area (Å²) >= 11 is 0. The number of aromatic hydroxyl groups is 2. The minimum Gasteiger partial charge on any atom is -0.508 e. The van der Waals surface area contributed by atoms with Crippen molar-refractivity contribution in [1.29, 1.82) is 0 Å². The number of hydrogen-bond acceptors (Lipinski definition) is 7. The first-order chi connectivity index (χ1) is 9.36. The molecule has 0 heterocycles. The lowest BCUT2D eigenvalue weighted by Crippen LogP contribution is -2.46. The van der Waals surface area contributed by atoms with Crippen molar-refractivity contribution in [3.8, 4) is 17.2 Å². The molecule has 0 radical (unpaired) electrons. The van der Waals surface area contributed by atoms with Gasteiger partial charge < -0.3 is 25.2 Å². The van der Waals surface area contributed by atoms with Crippen LogP contribution in [0.5, 0.6) is 17.2 Å². The SMILES string of the molecule is O=C1CC(O)C(C(=O)Oc2cc(O)cc(O)c2)C(O)C1. The van der Waals surface area contributed by atoms with Crippen LogP contribution in [0.25, 0.3) is 0 Å². The van der Waals surface area contributed by atoms with Gasteiger partial charge in [-0.25, -0.2) is 0 Å². The molecule has 2 rings (SSSR count). The highest BCUT2D eigenvalue weighted by Crippen LogP contribution is 2.29. The molecule has 1 aromatic rings. The highest BCUT2D eigenvalue weighted by Gasteiger charge is 2.41. The van der Waals surface area contributed by atoms with Crippen molar-refractivity contribution in [3.63, 3.8) is 0 Å². The van der Waals surface area contributed by atoms with Crippen LogP contribution in [-0.4, -0.2) is 44.4 Å². The van der Waals surface area contributed by atoms with Gasteiger partial charge in [-0.15, -0.1) is 0 Å². The maximum atomic E-state index is 11.9. The smallest absolute Gasteiger partial charge is 0.319 e. The Morgan fingerprint density at radius 1 is 1.05 bits per heavy atom. The largest absolute Gasteiger partial charge is 0.508 e. The third-order valence-corrected chi connectivity index (χ3v) is 3.07. The summed E-state index contributed by atoms with van der Waals surface area (Å²) in [5.74, 6) is -3.21. The number of phenolic OH excluding ortho intramolecular Hbond substituents is 2. The average Bonchev–Trinajstić information content (AvgIpc) is 2.25. The number of ether oxygens (including phenoxy) is 1. The number of rotatable bonds is 2. The summed E-state index contributed by atoms with van der Waals surface area (Å²) in [6.45, 7) is 0. The second-order valence-electron chi connectivity index (χ2n) is 4.71. The van der Waals surface area contributed by atoms with Crippen molar-refractivity contribution >= 4 is 11.8 Å². The molecule has 1 aliphatic rings. The molecule has 2 atom stereocenters. The quantitative estimate of drug-likeness (QED) is 0.433. The van der Waals surface area contributed by atoms with Gasteiger partial charge in [-0.3, -0.25) is 9.59 Å². The molecular formula is C13H14O7. The van der Waals surface area contributed by atoms with Gasteiger partial charge in [0.2, 0.25) is 0 Å². The molecule has 0 aliphatic heterocycles. The van der Waals surface area contributed by atoms with E-state index < -0.39 is 24.1 Å². The monoisotopic (exact) mass is 282 g/mol. The van der Waals surface area contributed by atoms with Crippen molar-refractivity contribution in [2.24, 2.45) is 5.92 Å². The van der Waals surface area contributed by atoms with Gasteiger partial charge in [0.25, 0.3) is 0 Å². The molecule has 2 unspecified atom stereocenters. The van der Waals surface area contributed by atoms with Crippen LogP contribution < -0.4 is 4.74 Å². The van der Waals surface area contributed by atoms with Crippen molar-refractivity contribution in [2.75, 3.05) is 0 Å². The Balaban J connectivity index is 2.13. The highest BCUT2D eigenvalue weighted by atomic mass is 16.5. The summed E-state index contributed by atoms with van der Waals surface area (Å²) in [5.41, 5.74) is 0. The molecule has 1 aromatic carbocycles. The maximum Gasteiger partial charge on any atom is 0.319 e. The minimum absolute atomic E-state index is 0.121. The number of Topliss-reactive ketones (excluding diaryl/α,β-unsaturated/α-hetero) is 1. The fourth-order valence-corrected chi connectivity index (χ4v) is 2.19. The van der Waals surface area contributed by atoms with Crippen LogP contribution in [0.1, 0.15) is 12.8 Å². The fraction of sp³-hybridized carbons (Fsp3) is 0.385. The first-order valence-electron chi connectivity index (χ1n) is 5.99. The van der Waals surface area contributed by atoms with E-state index in [9.17, 15) is 30.0 Å². The molecule has 0 amide bonds. The fourth-order valence-electron chi connectivity index (χ4n) is 2.19. The van der Waals surface area contributed by atoms with Crippen molar-refractivity contribution in [1.82, 2.24) is 0 Å². The number of carbonyl (C=O) groups excluding carboxylic acids is 2. The van der Waals surface area contributed by atoms with Crippen LogP contribution in [0.15, 0.2) is 18.2 Å². The van der Waals surface area contributed by atoms with Gasteiger partial charge in [0.15, 0.2) is 0 Å². The molecular weight excluding hydrogens is 268 g/mol. The molecule has 20 heavy (non-hydrogen) atoms. The zero-order valence-electron chi connectivity index (χ0n) is 10.4. The zero-order valence-corrected chi connectivity index (χ0v) is 10.4. The van der Waals surface area contributed by atoms with Gasteiger partial charge in [0.05, 0.1) is 12.2 Å².